The Bertz CT molecular complexity index is 1350. The van der Waals surface area contributed by atoms with Crippen molar-refractivity contribution in [3.05, 3.63) is 63.4 Å². The van der Waals surface area contributed by atoms with Gasteiger partial charge in [0.1, 0.15) is 11.9 Å². The van der Waals surface area contributed by atoms with Gasteiger partial charge in [-0.15, -0.1) is 0 Å². The van der Waals surface area contributed by atoms with E-state index < -0.39 is 11.0 Å². The van der Waals surface area contributed by atoms with Crippen molar-refractivity contribution < 1.29 is 14.5 Å². The number of piperazine rings is 1. The van der Waals surface area contributed by atoms with Crippen molar-refractivity contribution in [1.29, 1.82) is 0 Å². The molecule has 0 bridgehead atoms. The second-order valence-corrected chi connectivity index (χ2v) is 8.68. The quantitative estimate of drug-likeness (QED) is 0.340. The first-order chi connectivity index (χ1) is 16.4. The molecule has 2 aliphatic heterocycles. The summed E-state index contributed by atoms with van der Waals surface area (Å²) in [6.07, 6.45) is 0.568. The van der Waals surface area contributed by atoms with E-state index in [9.17, 15) is 19.7 Å². The first kappa shape index (κ1) is 22.0. The lowest BCUT2D eigenvalue weighted by atomic mass is 10.1. The Kier molecular flexibility index (Phi) is 5.70. The van der Waals surface area contributed by atoms with Gasteiger partial charge in [0.25, 0.3) is 5.69 Å². The van der Waals surface area contributed by atoms with Gasteiger partial charge in [0, 0.05) is 55.8 Å². The van der Waals surface area contributed by atoms with E-state index in [1.54, 1.807) is 21.6 Å². The number of nitro benzene ring substituents is 1. The Morgan fingerprint density at radius 1 is 1.12 bits per heavy atom. The third-order valence-electron chi connectivity index (χ3n) is 6.37. The minimum Gasteiger partial charge on any atom is -0.368 e. The topological polar surface area (TPSA) is 114 Å². The van der Waals surface area contributed by atoms with Crippen LogP contribution in [0.3, 0.4) is 0 Å². The summed E-state index contributed by atoms with van der Waals surface area (Å²) in [5, 5.41) is 14.6. The van der Waals surface area contributed by atoms with E-state index in [2.05, 4.69) is 15.2 Å². The van der Waals surface area contributed by atoms with Crippen molar-refractivity contribution in [1.82, 2.24) is 14.5 Å². The molecule has 11 heteroatoms. The second kappa shape index (κ2) is 8.82. The Labute approximate surface area is 199 Å². The third-order valence-corrected chi connectivity index (χ3v) is 6.66. The summed E-state index contributed by atoms with van der Waals surface area (Å²) in [6.45, 7) is 2.37. The molecule has 10 nitrogen and oxygen atoms in total. The van der Waals surface area contributed by atoms with Crippen LogP contribution in [-0.2, 0) is 9.59 Å². The zero-order chi connectivity index (χ0) is 23.8. The summed E-state index contributed by atoms with van der Waals surface area (Å²) in [5.74, 6) is 0.444. The minimum absolute atomic E-state index is 0.00938. The highest BCUT2D eigenvalue weighted by molar-refractivity contribution is 7.71. The number of nitro groups is 1. The molecule has 2 amide bonds. The minimum atomic E-state index is -0.565. The molecular formula is C23H22N6O4S. The molecule has 174 valence electrons. The molecule has 0 radical (unpaired) electrons. The van der Waals surface area contributed by atoms with Crippen molar-refractivity contribution in [3.8, 4) is 0 Å². The Morgan fingerprint density at radius 2 is 1.82 bits per heavy atom. The highest BCUT2D eigenvalue weighted by Gasteiger charge is 2.33. The van der Waals surface area contributed by atoms with E-state index in [0.29, 0.717) is 43.2 Å². The predicted octanol–water partition coefficient (Wildman–Crippen LogP) is 3.30. The number of para-hydroxylation sites is 1. The number of aromatic nitrogens is 2. The fourth-order valence-corrected chi connectivity index (χ4v) is 4.88. The molecule has 1 aromatic heterocycles. The summed E-state index contributed by atoms with van der Waals surface area (Å²) in [5.41, 5.74) is 1.67. The van der Waals surface area contributed by atoms with Crippen LogP contribution in [0.4, 0.5) is 17.2 Å². The molecule has 0 spiro atoms. The number of anilines is 2. The van der Waals surface area contributed by atoms with E-state index >= 15 is 0 Å². The molecule has 2 aliphatic rings. The molecule has 1 unspecified atom stereocenters. The van der Waals surface area contributed by atoms with Crippen molar-refractivity contribution in [2.75, 3.05) is 36.4 Å². The summed E-state index contributed by atoms with van der Waals surface area (Å²) in [6, 6.07) is 13.4. The average Bonchev–Trinajstić information content (AvgIpc) is 3.19. The number of carbonyl (C=O) groups excluding carboxylic acids is 2. The van der Waals surface area contributed by atoms with E-state index in [4.69, 9.17) is 12.2 Å². The van der Waals surface area contributed by atoms with Crippen LogP contribution < -0.4 is 10.2 Å². The normalized spacial score (nSPS) is 17.5. The molecular weight excluding hydrogens is 456 g/mol. The molecule has 1 N–H and O–H groups in total. The maximum absolute atomic E-state index is 12.9. The van der Waals surface area contributed by atoms with Crippen LogP contribution in [0.15, 0.2) is 48.5 Å². The van der Waals surface area contributed by atoms with Crippen molar-refractivity contribution in [2.24, 2.45) is 0 Å². The van der Waals surface area contributed by atoms with Gasteiger partial charge < -0.3 is 15.1 Å². The van der Waals surface area contributed by atoms with Crippen LogP contribution in [0, 0.1) is 14.9 Å². The number of hydrogen-bond donors (Lipinski definition) is 1. The van der Waals surface area contributed by atoms with Crippen LogP contribution in [-0.4, -0.2) is 57.4 Å². The molecule has 0 aliphatic carbocycles. The lowest BCUT2D eigenvalue weighted by Crippen LogP contribution is -2.48. The Morgan fingerprint density at radius 3 is 2.53 bits per heavy atom. The highest BCUT2D eigenvalue weighted by Crippen LogP contribution is 2.33. The van der Waals surface area contributed by atoms with Gasteiger partial charge in [-0.3, -0.25) is 24.3 Å². The maximum atomic E-state index is 12.9. The lowest BCUT2D eigenvalue weighted by molar-refractivity contribution is -0.384. The van der Waals surface area contributed by atoms with Gasteiger partial charge in [0.05, 0.1) is 10.4 Å². The van der Waals surface area contributed by atoms with Gasteiger partial charge in [-0.05, 0) is 42.9 Å². The Balaban J connectivity index is 1.21. The largest absolute Gasteiger partial charge is 0.368 e. The second-order valence-electron chi connectivity index (χ2n) is 8.32. The number of non-ortho nitro benzene ring substituents is 1. The highest BCUT2D eigenvalue weighted by atomic mass is 32.1. The molecule has 1 saturated heterocycles. The van der Waals surface area contributed by atoms with Crippen LogP contribution in [0.1, 0.15) is 18.9 Å². The van der Waals surface area contributed by atoms with Gasteiger partial charge in [-0.1, -0.05) is 12.1 Å². The molecule has 3 aromatic rings. The standard InChI is InChI=1S/C23H22N6O4S/c30-20(27-13-11-26(12-14-27)15-5-7-16(8-6-15)29(32)33)10-9-19-22(31)25-21-17-3-1-2-4-18(17)24-23(34)28(19)21/h1-8,19H,9-14H2,(H,25,31). The number of rotatable bonds is 5. The number of hydrogen-bond acceptors (Lipinski definition) is 7. The number of amides is 2. The first-order valence-corrected chi connectivity index (χ1v) is 11.4. The molecule has 1 atom stereocenters. The maximum Gasteiger partial charge on any atom is 0.269 e. The van der Waals surface area contributed by atoms with Gasteiger partial charge in [-0.25, -0.2) is 4.98 Å². The average molecular weight is 479 g/mol. The number of benzene rings is 2. The third kappa shape index (κ3) is 3.98. The van der Waals surface area contributed by atoms with Crippen LogP contribution in [0.5, 0.6) is 0 Å². The molecule has 2 aromatic carbocycles. The predicted molar refractivity (Wildman–Crippen MR) is 129 cm³/mol. The van der Waals surface area contributed by atoms with Gasteiger partial charge in [0.15, 0.2) is 0 Å². The zero-order valence-electron chi connectivity index (χ0n) is 18.2. The zero-order valence-corrected chi connectivity index (χ0v) is 19.0. The van der Waals surface area contributed by atoms with Crippen LogP contribution in [0.2, 0.25) is 0 Å². The fraction of sp³-hybridized carbons (Fsp3) is 0.304. The summed E-state index contributed by atoms with van der Waals surface area (Å²) < 4.78 is 2.04. The van der Waals surface area contributed by atoms with Gasteiger partial charge in [-0.2, -0.15) is 0 Å². The summed E-state index contributed by atoms with van der Waals surface area (Å²) >= 11 is 5.44. The van der Waals surface area contributed by atoms with E-state index in [0.717, 1.165) is 16.6 Å². The molecule has 5 rings (SSSR count). The molecule has 3 heterocycles. The van der Waals surface area contributed by atoms with E-state index in [-0.39, 0.29) is 23.9 Å². The van der Waals surface area contributed by atoms with E-state index in [1.807, 2.05) is 24.3 Å². The van der Waals surface area contributed by atoms with Gasteiger partial charge in [0.2, 0.25) is 16.6 Å². The molecule has 0 saturated carbocycles. The Hall–Kier alpha value is -3.86. The summed E-state index contributed by atoms with van der Waals surface area (Å²) in [4.78, 5) is 44.4. The number of nitrogens with one attached hydrogen (secondary N) is 1. The van der Waals surface area contributed by atoms with Crippen molar-refractivity contribution in [2.45, 2.75) is 18.9 Å². The SMILES string of the molecule is O=C1Nc2c3ccccc3nc(=S)n2C1CCC(=O)N1CCN(c2ccc([N+](=O)[O-])cc2)CC1. The molecule has 34 heavy (non-hydrogen) atoms. The number of nitrogens with zero attached hydrogens (tertiary/aromatic N) is 5. The van der Waals surface area contributed by atoms with Crippen LogP contribution >= 0.6 is 12.2 Å². The number of carbonyl (C=O) groups is 2. The lowest BCUT2D eigenvalue weighted by Gasteiger charge is -2.36. The first-order valence-electron chi connectivity index (χ1n) is 11.0. The monoisotopic (exact) mass is 478 g/mol. The van der Waals surface area contributed by atoms with Gasteiger partial charge >= 0.3 is 0 Å². The molecule has 1 fully saturated rings. The van der Waals surface area contributed by atoms with E-state index in [1.165, 1.54) is 12.1 Å². The smallest absolute Gasteiger partial charge is 0.269 e. The van der Waals surface area contributed by atoms with Crippen molar-refractivity contribution >= 4 is 52.1 Å². The van der Waals surface area contributed by atoms with Crippen molar-refractivity contribution in [3.63, 3.8) is 0 Å². The summed E-state index contributed by atoms with van der Waals surface area (Å²) in [7, 11) is 0. The number of fused-ring (bicyclic) bond motifs is 3. The van der Waals surface area contributed by atoms with Crippen LogP contribution in [0.25, 0.3) is 10.9 Å². The fourth-order valence-electron chi connectivity index (χ4n) is 4.57.